The first kappa shape index (κ1) is 15.7. The summed E-state index contributed by atoms with van der Waals surface area (Å²) in [5.74, 6) is -1.49. The highest BCUT2D eigenvalue weighted by Crippen LogP contribution is 2.22. The van der Waals surface area contributed by atoms with Gasteiger partial charge in [0.1, 0.15) is 5.82 Å². The first-order valence-electron chi connectivity index (χ1n) is 6.05. The van der Waals surface area contributed by atoms with Gasteiger partial charge in [0.2, 0.25) is 5.91 Å². The number of amides is 1. The molecular weight excluding hydrogens is 265 g/mol. The highest BCUT2D eigenvalue weighted by molar-refractivity contribution is 5.96. The standard InChI is InChI=1S/C13H18FN3O3/c1-4-17(2)12(18)7-16-11-5-8(13(19)20-3)10(15)6-9(11)14/h5-6,16H,4,7,15H2,1-3H3. The highest BCUT2D eigenvalue weighted by atomic mass is 19.1. The molecule has 1 rings (SSSR count). The number of anilines is 2. The zero-order chi connectivity index (χ0) is 15.3. The summed E-state index contributed by atoms with van der Waals surface area (Å²) in [6.45, 7) is 2.31. The van der Waals surface area contributed by atoms with Crippen molar-refractivity contribution in [3.63, 3.8) is 0 Å². The Morgan fingerprint density at radius 1 is 1.45 bits per heavy atom. The Morgan fingerprint density at radius 2 is 2.10 bits per heavy atom. The second kappa shape index (κ2) is 6.74. The van der Waals surface area contributed by atoms with Gasteiger partial charge in [-0.05, 0) is 19.1 Å². The summed E-state index contributed by atoms with van der Waals surface area (Å²) < 4.78 is 18.3. The van der Waals surface area contributed by atoms with Crippen LogP contribution in [0.2, 0.25) is 0 Å². The molecule has 1 amide bonds. The Kier molecular flexibility index (Phi) is 5.31. The van der Waals surface area contributed by atoms with E-state index in [1.54, 1.807) is 7.05 Å². The van der Waals surface area contributed by atoms with Crippen LogP contribution < -0.4 is 11.1 Å². The van der Waals surface area contributed by atoms with E-state index in [-0.39, 0.29) is 29.4 Å². The van der Waals surface area contributed by atoms with Crippen LogP contribution in [-0.4, -0.2) is 44.0 Å². The van der Waals surface area contributed by atoms with E-state index in [4.69, 9.17) is 5.73 Å². The number of carbonyl (C=O) groups is 2. The van der Waals surface area contributed by atoms with Gasteiger partial charge in [0.15, 0.2) is 0 Å². The monoisotopic (exact) mass is 283 g/mol. The van der Waals surface area contributed by atoms with Crippen LogP contribution in [0.15, 0.2) is 12.1 Å². The number of methoxy groups -OCH3 is 1. The number of benzene rings is 1. The first-order valence-corrected chi connectivity index (χ1v) is 6.05. The van der Waals surface area contributed by atoms with E-state index in [1.165, 1.54) is 18.1 Å². The van der Waals surface area contributed by atoms with E-state index in [9.17, 15) is 14.0 Å². The zero-order valence-corrected chi connectivity index (χ0v) is 11.7. The third kappa shape index (κ3) is 3.59. The third-order valence-electron chi connectivity index (χ3n) is 2.87. The lowest BCUT2D eigenvalue weighted by Gasteiger charge is -2.16. The number of halogens is 1. The molecule has 3 N–H and O–H groups in total. The number of hydrogen-bond acceptors (Lipinski definition) is 5. The van der Waals surface area contributed by atoms with E-state index in [0.717, 1.165) is 6.07 Å². The van der Waals surface area contributed by atoms with E-state index in [2.05, 4.69) is 10.1 Å². The lowest BCUT2D eigenvalue weighted by atomic mass is 10.1. The van der Waals surface area contributed by atoms with Crippen molar-refractivity contribution in [3.05, 3.63) is 23.5 Å². The Morgan fingerprint density at radius 3 is 2.65 bits per heavy atom. The van der Waals surface area contributed by atoms with E-state index in [0.29, 0.717) is 6.54 Å². The zero-order valence-electron chi connectivity index (χ0n) is 11.7. The number of rotatable bonds is 5. The van der Waals surface area contributed by atoms with E-state index < -0.39 is 11.8 Å². The van der Waals surface area contributed by atoms with Crippen LogP contribution in [0.25, 0.3) is 0 Å². The van der Waals surface area contributed by atoms with Crippen LogP contribution in [0.3, 0.4) is 0 Å². The fraction of sp³-hybridized carbons (Fsp3) is 0.385. The summed E-state index contributed by atoms with van der Waals surface area (Å²) in [7, 11) is 2.85. The maximum absolute atomic E-state index is 13.7. The average Bonchev–Trinajstić information content (AvgIpc) is 2.44. The van der Waals surface area contributed by atoms with E-state index in [1.807, 2.05) is 6.92 Å². The van der Waals surface area contributed by atoms with Gasteiger partial charge in [-0.1, -0.05) is 0 Å². The molecule has 0 atom stereocenters. The highest BCUT2D eigenvalue weighted by Gasteiger charge is 2.15. The van der Waals surface area contributed by atoms with Gasteiger partial charge in [-0.15, -0.1) is 0 Å². The van der Waals surface area contributed by atoms with Gasteiger partial charge in [-0.3, -0.25) is 4.79 Å². The van der Waals surface area contributed by atoms with Crippen molar-refractivity contribution in [2.75, 3.05) is 38.3 Å². The topological polar surface area (TPSA) is 84.7 Å². The SMILES string of the molecule is CCN(C)C(=O)CNc1cc(C(=O)OC)c(N)cc1F. The predicted octanol–water partition coefficient (Wildman–Crippen LogP) is 1.08. The van der Waals surface area contributed by atoms with Crippen molar-refractivity contribution < 1.29 is 18.7 Å². The van der Waals surface area contributed by atoms with Crippen molar-refractivity contribution in [3.8, 4) is 0 Å². The minimum atomic E-state index is -0.664. The first-order chi connectivity index (χ1) is 9.40. The summed E-state index contributed by atoms with van der Waals surface area (Å²) in [5.41, 5.74) is 5.61. The van der Waals surface area contributed by atoms with Gasteiger partial charge in [0.05, 0.1) is 24.9 Å². The Balaban J connectivity index is 2.90. The smallest absolute Gasteiger partial charge is 0.340 e. The molecular formula is C13H18FN3O3. The minimum absolute atomic E-state index is 0.0168. The number of esters is 1. The molecule has 0 aromatic heterocycles. The van der Waals surface area contributed by atoms with Crippen molar-refractivity contribution in [2.24, 2.45) is 0 Å². The average molecular weight is 283 g/mol. The molecule has 0 aliphatic rings. The van der Waals surface area contributed by atoms with Crippen LogP contribution in [-0.2, 0) is 9.53 Å². The number of carbonyl (C=O) groups excluding carboxylic acids is 2. The number of nitrogen functional groups attached to an aromatic ring is 1. The Bertz CT molecular complexity index is 520. The molecule has 0 radical (unpaired) electrons. The van der Waals surface area contributed by atoms with Crippen molar-refractivity contribution in [1.29, 1.82) is 0 Å². The summed E-state index contributed by atoms with van der Waals surface area (Å²) in [4.78, 5) is 24.6. The minimum Gasteiger partial charge on any atom is -0.465 e. The molecule has 1 aromatic carbocycles. The Labute approximate surface area is 116 Å². The molecule has 0 spiro atoms. The molecule has 0 aliphatic carbocycles. The van der Waals surface area contributed by atoms with Crippen LogP contribution >= 0.6 is 0 Å². The largest absolute Gasteiger partial charge is 0.465 e. The second-order valence-electron chi connectivity index (χ2n) is 4.17. The summed E-state index contributed by atoms with van der Waals surface area (Å²) >= 11 is 0. The third-order valence-corrected chi connectivity index (χ3v) is 2.87. The van der Waals surface area contributed by atoms with Crippen molar-refractivity contribution >= 4 is 23.3 Å². The van der Waals surface area contributed by atoms with Gasteiger partial charge in [0.25, 0.3) is 0 Å². The molecule has 7 heteroatoms. The molecule has 0 fully saturated rings. The van der Waals surface area contributed by atoms with Crippen LogP contribution in [0.4, 0.5) is 15.8 Å². The molecule has 6 nitrogen and oxygen atoms in total. The number of nitrogens with two attached hydrogens (primary N) is 1. The van der Waals surface area contributed by atoms with Gasteiger partial charge in [-0.2, -0.15) is 0 Å². The molecule has 110 valence electrons. The quantitative estimate of drug-likeness (QED) is 0.624. The normalized spacial score (nSPS) is 10.0. The fourth-order valence-corrected chi connectivity index (χ4v) is 1.49. The van der Waals surface area contributed by atoms with Crippen LogP contribution in [0.5, 0.6) is 0 Å². The molecule has 20 heavy (non-hydrogen) atoms. The summed E-state index contributed by atoms with van der Waals surface area (Å²) in [6.07, 6.45) is 0. The maximum atomic E-state index is 13.7. The van der Waals surface area contributed by atoms with Gasteiger partial charge < -0.3 is 20.7 Å². The van der Waals surface area contributed by atoms with E-state index >= 15 is 0 Å². The van der Waals surface area contributed by atoms with Gasteiger partial charge in [0, 0.05) is 19.3 Å². The Hall–Kier alpha value is -2.31. The fourth-order valence-electron chi connectivity index (χ4n) is 1.49. The predicted molar refractivity (Wildman–Crippen MR) is 74.0 cm³/mol. The molecule has 0 heterocycles. The van der Waals surface area contributed by atoms with Gasteiger partial charge in [-0.25, -0.2) is 9.18 Å². The second-order valence-corrected chi connectivity index (χ2v) is 4.17. The van der Waals surface area contributed by atoms with Crippen molar-refractivity contribution in [2.45, 2.75) is 6.92 Å². The summed E-state index contributed by atoms with van der Waals surface area (Å²) in [6, 6.07) is 2.25. The maximum Gasteiger partial charge on any atom is 0.340 e. The molecule has 0 aliphatic heterocycles. The number of likely N-dealkylation sites (N-methyl/N-ethyl adjacent to an activating group) is 1. The number of nitrogens with one attached hydrogen (secondary N) is 1. The molecule has 0 saturated carbocycles. The number of hydrogen-bond donors (Lipinski definition) is 2. The molecule has 0 unspecified atom stereocenters. The summed E-state index contributed by atoms with van der Waals surface area (Å²) in [5, 5.41) is 2.64. The number of nitrogens with zero attached hydrogens (tertiary/aromatic N) is 1. The lowest BCUT2D eigenvalue weighted by Crippen LogP contribution is -2.32. The molecule has 0 bridgehead atoms. The number of ether oxygens (including phenoxy) is 1. The van der Waals surface area contributed by atoms with Crippen molar-refractivity contribution in [1.82, 2.24) is 4.90 Å². The molecule has 1 aromatic rings. The van der Waals surface area contributed by atoms with Gasteiger partial charge >= 0.3 is 5.97 Å². The van der Waals surface area contributed by atoms with Crippen LogP contribution in [0, 0.1) is 5.82 Å². The van der Waals surface area contributed by atoms with Crippen LogP contribution in [0.1, 0.15) is 17.3 Å². The lowest BCUT2D eigenvalue weighted by molar-refractivity contribution is -0.127. The molecule has 0 saturated heterocycles.